The summed E-state index contributed by atoms with van der Waals surface area (Å²) in [5, 5.41) is 11.3. The molecule has 4 saturated carbocycles. The van der Waals surface area contributed by atoms with E-state index in [4.69, 9.17) is 9.84 Å². The number of hydrogen-bond donors (Lipinski definition) is 2. The largest absolute Gasteiger partial charge is 0.446 e. The molecule has 9 heteroatoms. The summed E-state index contributed by atoms with van der Waals surface area (Å²) in [5.74, 6) is 2.29. The summed E-state index contributed by atoms with van der Waals surface area (Å²) in [4.78, 5) is 28.6. The van der Waals surface area contributed by atoms with Gasteiger partial charge in [0.2, 0.25) is 5.95 Å². The first-order valence-electron chi connectivity index (χ1n) is 11.5. The van der Waals surface area contributed by atoms with Crippen molar-refractivity contribution in [2.24, 2.45) is 13.0 Å². The van der Waals surface area contributed by atoms with Gasteiger partial charge in [-0.3, -0.25) is 9.36 Å². The zero-order valence-electron chi connectivity index (χ0n) is 19.2. The Balaban J connectivity index is 1.28. The molecule has 4 fully saturated rings. The lowest BCUT2D eigenvalue weighted by Crippen LogP contribution is -2.68. The van der Waals surface area contributed by atoms with Crippen LogP contribution in [0.15, 0.2) is 23.1 Å². The summed E-state index contributed by atoms with van der Waals surface area (Å²) >= 11 is 0. The number of nitrogens with one attached hydrogen (secondary N) is 2. The number of rotatable bonds is 5. The molecule has 172 valence electrons. The molecule has 2 atom stereocenters. The van der Waals surface area contributed by atoms with Gasteiger partial charge >= 0.3 is 6.09 Å². The highest BCUT2D eigenvalue weighted by atomic mass is 16.6. The molecule has 6 rings (SSSR count). The van der Waals surface area contributed by atoms with E-state index in [1.807, 2.05) is 10.7 Å². The highest BCUT2D eigenvalue weighted by Crippen LogP contribution is 2.57. The number of amides is 1. The van der Waals surface area contributed by atoms with E-state index in [1.54, 1.807) is 7.05 Å². The van der Waals surface area contributed by atoms with E-state index in [2.05, 4.69) is 36.4 Å². The van der Waals surface area contributed by atoms with E-state index in [9.17, 15) is 9.59 Å². The number of carbonyl (C=O) groups excluding carboxylic acids is 1. The van der Waals surface area contributed by atoms with Crippen LogP contribution in [0.5, 0.6) is 0 Å². The van der Waals surface area contributed by atoms with Crippen LogP contribution in [0.4, 0.5) is 16.6 Å². The number of aromatic nitrogens is 4. The first-order chi connectivity index (χ1) is 15.1. The Kier molecular flexibility index (Phi) is 4.83. The summed E-state index contributed by atoms with van der Waals surface area (Å²) in [5.41, 5.74) is 0.620. The molecule has 2 aromatic heterocycles. The molecule has 0 unspecified atom stereocenters. The quantitative estimate of drug-likeness (QED) is 0.739. The number of anilines is 2. The maximum absolute atomic E-state index is 12.3. The second-order valence-electron chi connectivity index (χ2n) is 10.7. The molecule has 2 bridgehead atoms. The van der Waals surface area contributed by atoms with Crippen molar-refractivity contribution in [2.75, 3.05) is 5.32 Å². The van der Waals surface area contributed by atoms with Gasteiger partial charge in [-0.1, -0.05) is 0 Å². The molecular formula is C23H32N6O3. The van der Waals surface area contributed by atoms with Crippen LogP contribution < -0.4 is 16.2 Å². The Morgan fingerprint density at radius 2 is 2.00 bits per heavy atom. The van der Waals surface area contributed by atoms with Gasteiger partial charge in [0.25, 0.3) is 5.56 Å². The van der Waals surface area contributed by atoms with Crippen LogP contribution in [0.1, 0.15) is 70.9 Å². The standard InChI is InChI=1S/C23H32N6O3/c1-22(2,3)29-18(25-20-24-8-7-19(30)28(20)4)10-17(27-29)15-5-6-16(9-15)32-21(31)26-23-11-14(12-23)13-23/h7-8,10,14-16H,5-6,9,11-13H2,1-4H3,(H,24,25)(H,26,31)/t14?,15-,16+,23?/m0/s1. The highest BCUT2D eigenvalue weighted by Gasteiger charge is 2.57. The van der Waals surface area contributed by atoms with Gasteiger partial charge in [-0.15, -0.1) is 0 Å². The predicted molar refractivity (Wildman–Crippen MR) is 120 cm³/mol. The Morgan fingerprint density at radius 3 is 2.66 bits per heavy atom. The molecule has 1 amide bonds. The van der Waals surface area contributed by atoms with E-state index in [-0.39, 0.29) is 34.8 Å². The minimum absolute atomic E-state index is 0.0391. The Bertz CT molecular complexity index is 1080. The second-order valence-corrected chi connectivity index (χ2v) is 10.7. The van der Waals surface area contributed by atoms with Crippen LogP contribution in [0.25, 0.3) is 0 Å². The number of nitrogens with zero attached hydrogens (tertiary/aromatic N) is 4. The lowest BCUT2D eigenvalue weighted by atomic mass is 9.50. The van der Waals surface area contributed by atoms with Gasteiger partial charge in [-0.05, 0) is 65.2 Å². The van der Waals surface area contributed by atoms with E-state index in [1.165, 1.54) is 16.8 Å². The summed E-state index contributed by atoms with van der Waals surface area (Å²) < 4.78 is 9.15. The summed E-state index contributed by atoms with van der Waals surface area (Å²) in [6.07, 6.45) is 7.01. The van der Waals surface area contributed by atoms with Gasteiger partial charge in [-0.2, -0.15) is 5.10 Å². The van der Waals surface area contributed by atoms with Crippen molar-refractivity contribution >= 4 is 17.9 Å². The van der Waals surface area contributed by atoms with Crippen LogP contribution in [-0.2, 0) is 17.3 Å². The molecule has 4 aliphatic rings. The van der Waals surface area contributed by atoms with E-state index in [0.717, 1.165) is 56.0 Å². The van der Waals surface area contributed by atoms with E-state index >= 15 is 0 Å². The number of ether oxygens (including phenoxy) is 1. The average Bonchev–Trinajstić information content (AvgIpc) is 3.28. The fourth-order valence-electron chi connectivity index (χ4n) is 5.25. The predicted octanol–water partition coefficient (Wildman–Crippen LogP) is 3.39. The maximum atomic E-state index is 12.3. The van der Waals surface area contributed by atoms with Crippen LogP contribution in [0, 0.1) is 5.92 Å². The zero-order valence-corrected chi connectivity index (χ0v) is 19.2. The van der Waals surface area contributed by atoms with Gasteiger partial charge in [0.1, 0.15) is 11.9 Å². The molecule has 4 aliphatic carbocycles. The minimum Gasteiger partial charge on any atom is -0.446 e. The lowest BCUT2D eigenvalue weighted by Gasteiger charge is -2.61. The Hall–Kier alpha value is -2.84. The fraction of sp³-hybridized carbons (Fsp3) is 0.652. The van der Waals surface area contributed by atoms with Gasteiger partial charge < -0.3 is 15.4 Å². The molecule has 0 saturated heterocycles. The van der Waals surface area contributed by atoms with Gasteiger partial charge in [0.15, 0.2) is 0 Å². The normalized spacial score (nSPS) is 28.6. The van der Waals surface area contributed by atoms with Crippen LogP contribution >= 0.6 is 0 Å². The number of carbonyl (C=O) groups is 1. The molecule has 0 radical (unpaired) electrons. The minimum atomic E-state index is -0.271. The monoisotopic (exact) mass is 440 g/mol. The van der Waals surface area contributed by atoms with E-state index in [0.29, 0.717) is 5.95 Å². The van der Waals surface area contributed by atoms with Crippen molar-refractivity contribution in [1.29, 1.82) is 0 Å². The third kappa shape index (κ3) is 3.78. The Labute approximate surface area is 187 Å². The zero-order chi connectivity index (χ0) is 22.7. The molecule has 0 aliphatic heterocycles. The van der Waals surface area contributed by atoms with Gasteiger partial charge in [-0.25, -0.2) is 14.5 Å². The van der Waals surface area contributed by atoms with Crippen molar-refractivity contribution in [3.63, 3.8) is 0 Å². The van der Waals surface area contributed by atoms with Gasteiger partial charge in [0, 0.05) is 36.8 Å². The first kappa shape index (κ1) is 21.0. The molecule has 0 spiro atoms. The third-order valence-electron chi connectivity index (χ3n) is 7.15. The van der Waals surface area contributed by atoms with Crippen LogP contribution in [0.2, 0.25) is 0 Å². The molecule has 32 heavy (non-hydrogen) atoms. The van der Waals surface area contributed by atoms with Gasteiger partial charge in [0.05, 0.1) is 11.2 Å². The van der Waals surface area contributed by atoms with Crippen LogP contribution in [-0.4, -0.2) is 37.1 Å². The number of alkyl carbamates (subject to hydrolysis) is 1. The topological polar surface area (TPSA) is 103 Å². The first-order valence-corrected chi connectivity index (χ1v) is 11.5. The lowest BCUT2D eigenvalue weighted by molar-refractivity contribution is -0.0506. The van der Waals surface area contributed by atoms with Crippen molar-refractivity contribution in [3.05, 3.63) is 34.4 Å². The molecule has 2 aromatic rings. The van der Waals surface area contributed by atoms with Crippen molar-refractivity contribution in [2.45, 2.75) is 82.4 Å². The SMILES string of the molecule is Cn1c(Nc2cc([C@H]3CC[C@@H](OC(=O)NC45CC(C4)C5)C3)nn2C(C)(C)C)nccc1=O. The van der Waals surface area contributed by atoms with Crippen molar-refractivity contribution in [1.82, 2.24) is 24.6 Å². The average molecular weight is 441 g/mol. The Morgan fingerprint density at radius 1 is 1.25 bits per heavy atom. The maximum Gasteiger partial charge on any atom is 0.407 e. The second kappa shape index (κ2) is 7.35. The summed E-state index contributed by atoms with van der Waals surface area (Å²) in [6, 6.07) is 3.46. The summed E-state index contributed by atoms with van der Waals surface area (Å²) in [6.45, 7) is 6.26. The highest BCUT2D eigenvalue weighted by molar-refractivity contribution is 5.69. The fourth-order valence-corrected chi connectivity index (χ4v) is 5.25. The summed E-state index contributed by atoms with van der Waals surface area (Å²) in [7, 11) is 1.69. The molecule has 2 N–H and O–H groups in total. The molecule has 9 nitrogen and oxygen atoms in total. The number of hydrogen-bond acceptors (Lipinski definition) is 6. The smallest absolute Gasteiger partial charge is 0.407 e. The third-order valence-corrected chi connectivity index (χ3v) is 7.15. The van der Waals surface area contributed by atoms with E-state index < -0.39 is 0 Å². The van der Waals surface area contributed by atoms with Crippen molar-refractivity contribution < 1.29 is 9.53 Å². The molecule has 2 heterocycles. The molecule has 0 aromatic carbocycles. The van der Waals surface area contributed by atoms with Crippen molar-refractivity contribution in [3.8, 4) is 0 Å². The van der Waals surface area contributed by atoms with Crippen LogP contribution in [0.3, 0.4) is 0 Å². The molecular weight excluding hydrogens is 408 g/mol.